The van der Waals surface area contributed by atoms with Crippen LogP contribution in [0.4, 0.5) is 0 Å². The topological polar surface area (TPSA) is 26.3 Å². The van der Waals surface area contributed by atoms with Crippen molar-refractivity contribution in [1.82, 2.24) is 0 Å². The number of hydrogen-bond donors (Lipinski definition) is 0. The van der Waals surface area contributed by atoms with Crippen LogP contribution in [-0.2, 0) is 0 Å². The zero-order chi connectivity index (χ0) is 27.6. The Morgan fingerprint density at radius 2 is 0.952 bits per heavy atom. The Morgan fingerprint density at radius 3 is 1.69 bits per heavy atom. The van der Waals surface area contributed by atoms with E-state index in [-0.39, 0.29) is 0 Å². The molecule has 0 atom stereocenters. The fourth-order valence-electron chi connectivity index (χ4n) is 6.62. The Hall–Kier alpha value is -5.60. The molecule has 9 aromatic rings. The van der Waals surface area contributed by atoms with Gasteiger partial charge < -0.3 is 8.83 Å². The molecule has 196 valence electrons. The van der Waals surface area contributed by atoms with Crippen LogP contribution in [0.1, 0.15) is 0 Å². The van der Waals surface area contributed by atoms with Crippen LogP contribution in [0.5, 0.6) is 0 Å². The largest absolute Gasteiger partial charge is 0.456 e. The van der Waals surface area contributed by atoms with Gasteiger partial charge in [-0.1, -0.05) is 115 Å². The predicted molar refractivity (Wildman–Crippen MR) is 175 cm³/mol. The van der Waals surface area contributed by atoms with E-state index in [0.29, 0.717) is 0 Å². The van der Waals surface area contributed by atoms with Gasteiger partial charge >= 0.3 is 0 Å². The molecular weight excluding hydrogens is 512 g/mol. The van der Waals surface area contributed by atoms with E-state index in [1.807, 2.05) is 18.2 Å². The van der Waals surface area contributed by atoms with Crippen LogP contribution < -0.4 is 0 Å². The van der Waals surface area contributed by atoms with Crippen LogP contribution in [0.25, 0.3) is 88.0 Å². The third-order valence-electron chi connectivity index (χ3n) is 8.46. The number of rotatable bonds is 3. The van der Waals surface area contributed by atoms with Gasteiger partial charge in [0.25, 0.3) is 0 Å². The predicted octanol–water partition coefficient (Wildman–Crippen LogP) is 11.6. The number of fused-ring (bicyclic) bond motifs is 7. The van der Waals surface area contributed by atoms with Crippen molar-refractivity contribution in [3.05, 3.63) is 146 Å². The molecule has 7 aromatic carbocycles. The molecule has 0 aliphatic rings. The lowest BCUT2D eigenvalue weighted by atomic mass is 9.87. The van der Waals surface area contributed by atoms with Crippen molar-refractivity contribution in [2.24, 2.45) is 0 Å². The first-order valence-corrected chi connectivity index (χ1v) is 14.3. The van der Waals surface area contributed by atoms with E-state index in [9.17, 15) is 0 Å². The second-order valence-electron chi connectivity index (χ2n) is 10.9. The van der Waals surface area contributed by atoms with Crippen molar-refractivity contribution in [3.8, 4) is 33.6 Å². The minimum Gasteiger partial charge on any atom is -0.456 e. The van der Waals surface area contributed by atoms with E-state index in [1.165, 1.54) is 43.8 Å². The normalized spacial score (nSPS) is 11.8. The van der Waals surface area contributed by atoms with Crippen molar-refractivity contribution in [1.29, 1.82) is 0 Å². The SMILES string of the molecule is c1ccc(-c2cccc(-c3c4ccccc4c(-c4cc5ccc6oc7ccccc7c6c5o4)c4ccccc34)c2)cc1. The number of para-hydroxylation sites is 1. The van der Waals surface area contributed by atoms with Gasteiger partial charge in [0, 0.05) is 16.3 Å². The highest BCUT2D eigenvalue weighted by Crippen LogP contribution is 2.46. The summed E-state index contributed by atoms with van der Waals surface area (Å²) in [5.74, 6) is 0.861. The molecule has 2 heteroatoms. The molecule has 0 N–H and O–H groups in total. The van der Waals surface area contributed by atoms with Crippen molar-refractivity contribution in [2.75, 3.05) is 0 Å². The van der Waals surface area contributed by atoms with Crippen molar-refractivity contribution < 1.29 is 8.83 Å². The summed E-state index contributed by atoms with van der Waals surface area (Å²) in [5.41, 5.74) is 8.54. The summed E-state index contributed by atoms with van der Waals surface area (Å²) in [5, 5.41) is 7.91. The van der Waals surface area contributed by atoms with E-state index in [4.69, 9.17) is 8.83 Å². The first-order valence-electron chi connectivity index (χ1n) is 14.3. The van der Waals surface area contributed by atoms with Gasteiger partial charge in [0.2, 0.25) is 0 Å². The Labute approximate surface area is 242 Å². The Bertz CT molecular complexity index is 2400. The Balaban J connectivity index is 1.35. The van der Waals surface area contributed by atoms with Crippen LogP contribution in [0, 0.1) is 0 Å². The number of benzene rings is 7. The molecule has 2 nitrogen and oxygen atoms in total. The summed E-state index contributed by atoms with van der Waals surface area (Å²) in [4.78, 5) is 0. The molecule has 0 saturated heterocycles. The van der Waals surface area contributed by atoms with Gasteiger partial charge in [-0.2, -0.15) is 0 Å². The summed E-state index contributed by atoms with van der Waals surface area (Å²) >= 11 is 0. The minimum atomic E-state index is 0.841. The quantitative estimate of drug-likeness (QED) is 0.210. The third-order valence-corrected chi connectivity index (χ3v) is 8.46. The average Bonchev–Trinajstić information content (AvgIpc) is 3.65. The van der Waals surface area contributed by atoms with E-state index in [0.717, 1.165) is 44.2 Å². The van der Waals surface area contributed by atoms with E-state index >= 15 is 0 Å². The van der Waals surface area contributed by atoms with Crippen LogP contribution in [0.15, 0.2) is 154 Å². The van der Waals surface area contributed by atoms with Crippen molar-refractivity contribution in [2.45, 2.75) is 0 Å². The molecule has 2 heterocycles. The zero-order valence-electron chi connectivity index (χ0n) is 22.7. The molecule has 0 bridgehead atoms. The molecule has 0 aliphatic carbocycles. The maximum Gasteiger partial charge on any atom is 0.146 e. The highest BCUT2D eigenvalue weighted by molar-refractivity contribution is 6.22. The van der Waals surface area contributed by atoms with Crippen LogP contribution in [-0.4, -0.2) is 0 Å². The summed E-state index contributed by atoms with van der Waals surface area (Å²) in [7, 11) is 0. The molecule has 0 spiro atoms. The lowest BCUT2D eigenvalue weighted by molar-refractivity contribution is 0.635. The average molecular weight is 537 g/mol. The Kier molecular flexibility index (Phi) is 4.93. The molecule has 9 rings (SSSR count). The van der Waals surface area contributed by atoms with Gasteiger partial charge in [0.15, 0.2) is 0 Å². The Morgan fingerprint density at radius 1 is 0.357 bits per heavy atom. The minimum absolute atomic E-state index is 0.841. The summed E-state index contributed by atoms with van der Waals surface area (Å²) < 4.78 is 13.0. The first-order chi connectivity index (χ1) is 20.8. The third kappa shape index (κ3) is 3.39. The highest BCUT2D eigenvalue weighted by atomic mass is 16.3. The van der Waals surface area contributed by atoms with Crippen LogP contribution in [0.3, 0.4) is 0 Å². The smallest absolute Gasteiger partial charge is 0.146 e. The van der Waals surface area contributed by atoms with Crippen molar-refractivity contribution in [3.63, 3.8) is 0 Å². The molecule has 0 unspecified atom stereocenters. The van der Waals surface area contributed by atoms with Gasteiger partial charge in [0.05, 0.1) is 5.39 Å². The molecule has 0 aliphatic heterocycles. The molecular formula is C40H24O2. The monoisotopic (exact) mass is 536 g/mol. The van der Waals surface area contributed by atoms with Crippen molar-refractivity contribution >= 4 is 54.5 Å². The molecule has 0 saturated carbocycles. The van der Waals surface area contributed by atoms with Gasteiger partial charge in [-0.25, -0.2) is 0 Å². The molecule has 0 fully saturated rings. The second-order valence-corrected chi connectivity index (χ2v) is 10.9. The maximum atomic E-state index is 6.81. The lowest BCUT2D eigenvalue weighted by Gasteiger charge is -2.17. The summed E-state index contributed by atoms with van der Waals surface area (Å²) in [6.07, 6.45) is 0. The first kappa shape index (κ1) is 23.1. The molecule has 42 heavy (non-hydrogen) atoms. The fraction of sp³-hybridized carbons (Fsp3) is 0. The number of furan rings is 2. The van der Waals surface area contributed by atoms with E-state index < -0.39 is 0 Å². The maximum absolute atomic E-state index is 6.81. The summed E-state index contributed by atoms with van der Waals surface area (Å²) in [6, 6.07) is 51.4. The van der Waals surface area contributed by atoms with E-state index in [1.54, 1.807) is 0 Å². The molecule has 2 aromatic heterocycles. The van der Waals surface area contributed by atoms with Gasteiger partial charge in [0.1, 0.15) is 22.5 Å². The number of hydrogen-bond acceptors (Lipinski definition) is 2. The van der Waals surface area contributed by atoms with Gasteiger partial charge in [-0.3, -0.25) is 0 Å². The van der Waals surface area contributed by atoms with E-state index in [2.05, 4.69) is 127 Å². The van der Waals surface area contributed by atoms with Crippen LogP contribution in [0.2, 0.25) is 0 Å². The standard InChI is InChI=1S/C40H24O2/c1-2-11-25(12-3-1)26-13-10-14-27(23-26)37-29-15-4-6-17-31(29)38(32-18-7-5-16-30(32)37)36-24-28-21-22-35-39(40(28)42-36)33-19-8-9-20-34(33)41-35/h1-24H. The van der Waals surface area contributed by atoms with Gasteiger partial charge in [-0.15, -0.1) is 0 Å². The fourth-order valence-corrected chi connectivity index (χ4v) is 6.62. The second kappa shape index (κ2) is 8.95. The van der Waals surface area contributed by atoms with Crippen LogP contribution >= 0.6 is 0 Å². The molecule has 0 radical (unpaired) electrons. The summed E-state index contributed by atoms with van der Waals surface area (Å²) in [6.45, 7) is 0. The zero-order valence-corrected chi connectivity index (χ0v) is 22.7. The lowest BCUT2D eigenvalue weighted by Crippen LogP contribution is -1.90. The van der Waals surface area contributed by atoms with Gasteiger partial charge in [-0.05, 0) is 74.1 Å². The molecule has 0 amide bonds. The highest BCUT2D eigenvalue weighted by Gasteiger charge is 2.21.